The first-order chi connectivity index (χ1) is 14.7. The summed E-state index contributed by atoms with van der Waals surface area (Å²) in [4.78, 5) is 12.6. The zero-order chi connectivity index (χ0) is 22.6. The van der Waals surface area contributed by atoms with Crippen LogP contribution < -0.4 is 19.5 Å². The molecule has 0 heterocycles. The Morgan fingerprint density at radius 3 is 2.35 bits per heavy atom. The number of benzene rings is 3. The molecule has 3 rings (SSSR count). The molecule has 0 aromatic heterocycles. The summed E-state index contributed by atoms with van der Waals surface area (Å²) < 4.78 is 38.8. The molecule has 1 amide bonds. The summed E-state index contributed by atoms with van der Waals surface area (Å²) >= 11 is 6.15. The number of sulfonamides is 1. The smallest absolute Gasteiger partial charge is 0.263 e. The summed E-state index contributed by atoms with van der Waals surface area (Å²) in [5.41, 5.74) is 1.67. The maximum atomic E-state index is 12.9. The molecule has 0 fully saturated rings. The molecule has 9 heteroatoms. The van der Waals surface area contributed by atoms with Gasteiger partial charge in [-0.05, 0) is 48.9 Å². The van der Waals surface area contributed by atoms with E-state index in [1.54, 1.807) is 49.4 Å². The Morgan fingerprint density at radius 2 is 1.68 bits per heavy atom. The topological polar surface area (TPSA) is 93.7 Å². The Balaban J connectivity index is 1.92. The molecule has 31 heavy (non-hydrogen) atoms. The summed E-state index contributed by atoms with van der Waals surface area (Å²) in [5, 5.41) is 2.70. The number of hydrogen-bond acceptors (Lipinski definition) is 5. The number of halogens is 1. The molecule has 0 atom stereocenters. The second kappa shape index (κ2) is 9.28. The predicted octanol–water partition coefficient (Wildman–Crippen LogP) is 4.72. The number of ether oxygens (including phenoxy) is 2. The number of nitrogens with one attached hydrogen (secondary N) is 2. The van der Waals surface area contributed by atoms with Crippen molar-refractivity contribution in [2.24, 2.45) is 0 Å². The average Bonchev–Trinajstić information content (AvgIpc) is 2.75. The van der Waals surface area contributed by atoms with Crippen molar-refractivity contribution in [3.8, 4) is 11.5 Å². The fourth-order valence-corrected chi connectivity index (χ4v) is 4.50. The maximum Gasteiger partial charge on any atom is 0.263 e. The van der Waals surface area contributed by atoms with Crippen molar-refractivity contribution in [1.82, 2.24) is 0 Å². The molecule has 0 aliphatic heterocycles. The molecule has 3 aromatic rings. The van der Waals surface area contributed by atoms with Crippen LogP contribution in [0, 0.1) is 6.92 Å². The van der Waals surface area contributed by atoms with Gasteiger partial charge >= 0.3 is 0 Å². The van der Waals surface area contributed by atoms with E-state index in [9.17, 15) is 13.2 Å². The van der Waals surface area contributed by atoms with Gasteiger partial charge in [-0.25, -0.2) is 8.42 Å². The van der Waals surface area contributed by atoms with Crippen LogP contribution in [0.25, 0.3) is 0 Å². The molecule has 0 saturated heterocycles. The van der Waals surface area contributed by atoms with Crippen LogP contribution in [0.4, 0.5) is 11.4 Å². The fraction of sp³-hybridized carbons (Fsp3) is 0.136. The summed E-state index contributed by atoms with van der Waals surface area (Å²) in [6.07, 6.45) is 0. The monoisotopic (exact) mass is 460 g/mol. The highest BCUT2D eigenvalue weighted by molar-refractivity contribution is 7.92. The summed E-state index contributed by atoms with van der Waals surface area (Å²) in [5.74, 6) is 0.422. The van der Waals surface area contributed by atoms with Gasteiger partial charge in [0.05, 0.1) is 30.6 Å². The lowest BCUT2D eigenvalue weighted by Gasteiger charge is -2.14. The lowest BCUT2D eigenvalue weighted by atomic mass is 10.2. The summed E-state index contributed by atoms with van der Waals surface area (Å²) in [6, 6.07) is 15.9. The Morgan fingerprint density at radius 1 is 0.935 bits per heavy atom. The van der Waals surface area contributed by atoms with Crippen LogP contribution in [0.5, 0.6) is 11.5 Å². The molecule has 0 spiro atoms. The Labute approximate surface area is 186 Å². The quantitative estimate of drug-likeness (QED) is 0.532. The number of anilines is 2. The SMILES string of the molecule is COc1ccc(OC)c(NC(=O)c2ccc(Cl)c(S(=O)(=O)Nc3ccccc3C)c2)c1. The molecular weight excluding hydrogens is 440 g/mol. The van der Waals surface area contributed by atoms with Gasteiger partial charge in [-0.3, -0.25) is 9.52 Å². The van der Waals surface area contributed by atoms with Crippen molar-refractivity contribution in [3.05, 3.63) is 76.8 Å². The van der Waals surface area contributed by atoms with Gasteiger partial charge in [0.25, 0.3) is 15.9 Å². The van der Waals surface area contributed by atoms with Crippen LogP contribution in [0.3, 0.4) is 0 Å². The van der Waals surface area contributed by atoms with E-state index >= 15 is 0 Å². The molecule has 0 unspecified atom stereocenters. The normalized spacial score (nSPS) is 11.0. The third kappa shape index (κ3) is 5.10. The molecule has 162 valence electrons. The van der Waals surface area contributed by atoms with Crippen LogP contribution in [0.2, 0.25) is 5.02 Å². The molecule has 0 saturated carbocycles. The van der Waals surface area contributed by atoms with E-state index in [0.717, 1.165) is 5.56 Å². The van der Waals surface area contributed by atoms with E-state index in [1.165, 1.54) is 32.4 Å². The predicted molar refractivity (Wildman–Crippen MR) is 121 cm³/mol. The van der Waals surface area contributed by atoms with Gasteiger partial charge in [0.15, 0.2) is 0 Å². The number of methoxy groups -OCH3 is 2. The zero-order valence-electron chi connectivity index (χ0n) is 17.1. The molecule has 7 nitrogen and oxygen atoms in total. The van der Waals surface area contributed by atoms with Gasteiger partial charge in [-0.1, -0.05) is 29.8 Å². The van der Waals surface area contributed by atoms with Crippen molar-refractivity contribution in [2.75, 3.05) is 24.3 Å². The summed E-state index contributed by atoms with van der Waals surface area (Å²) in [6.45, 7) is 1.78. The third-order valence-corrected chi connectivity index (χ3v) is 6.37. The van der Waals surface area contributed by atoms with Gasteiger partial charge in [0.2, 0.25) is 0 Å². The van der Waals surface area contributed by atoms with E-state index in [2.05, 4.69) is 10.0 Å². The van der Waals surface area contributed by atoms with Crippen LogP contribution >= 0.6 is 11.6 Å². The van der Waals surface area contributed by atoms with Gasteiger partial charge < -0.3 is 14.8 Å². The minimum atomic E-state index is -4.03. The lowest BCUT2D eigenvalue weighted by molar-refractivity contribution is 0.102. The number of carbonyl (C=O) groups is 1. The minimum Gasteiger partial charge on any atom is -0.497 e. The highest BCUT2D eigenvalue weighted by atomic mass is 35.5. The number of rotatable bonds is 7. The molecule has 0 radical (unpaired) electrons. The summed E-state index contributed by atoms with van der Waals surface area (Å²) in [7, 11) is -1.05. The van der Waals surface area contributed by atoms with Crippen molar-refractivity contribution >= 4 is 38.9 Å². The van der Waals surface area contributed by atoms with Crippen LogP contribution in [0.1, 0.15) is 15.9 Å². The zero-order valence-corrected chi connectivity index (χ0v) is 18.7. The highest BCUT2D eigenvalue weighted by Crippen LogP contribution is 2.30. The van der Waals surface area contributed by atoms with Crippen molar-refractivity contribution in [1.29, 1.82) is 0 Å². The van der Waals surface area contributed by atoms with Crippen molar-refractivity contribution < 1.29 is 22.7 Å². The van der Waals surface area contributed by atoms with Crippen molar-refractivity contribution in [2.45, 2.75) is 11.8 Å². The Kier molecular flexibility index (Phi) is 6.72. The van der Waals surface area contributed by atoms with E-state index in [1.807, 2.05) is 0 Å². The van der Waals surface area contributed by atoms with Gasteiger partial charge in [-0.15, -0.1) is 0 Å². The first kappa shape index (κ1) is 22.5. The number of carbonyl (C=O) groups excluding carboxylic acids is 1. The van der Waals surface area contributed by atoms with Gasteiger partial charge in [-0.2, -0.15) is 0 Å². The number of aryl methyl sites for hydroxylation is 1. The second-order valence-electron chi connectivity index (χ2n) is 6.59. The molecule has 0 aliphatic carbocycles. The van der Waals surface area contributed by atoms with Crippen molar-refractivity contribution in [3.63, 3.8) is 0 Å². The van der Waals surface area contributed by atoms with E-state index in [-0.39, 0.29) is 15.5 Å². The third-order valence-electron chi connectivity index (χ3n) is 4.53. The van der Waals surface area contributed by atoms with Crippen LogP contribution in [-0.4, -0.2) is 28.5 Å². The van der Waals surface area contributed by atoms with E-state index in [4.69, 9.17) is 21.1 Å². The van der Waals surface area contributed by atoms with Crippen LogP contribution in [0.15, 0.2) is 65.6 Å². The standard InChI is InChI=1S/C22H21ClN2O5S/c1-14-6-4-5-7-18(14)25-31(27,28)21-12-15(8-10-17(21)23)22(26)24-19-13-16(29-2)9-11-20(19)30-3/h4-13,25H,1-3H3,(H,24,26). The van der Waals surface area contributed by atoms with Crippen LogP contribution in [-0.2, 0) is 10.0 Å². The molecule has 3 aromatic carbocycles. The average molecular weight is 461 g/mol. The lowest BCUT2D eigenvalue weighted by Crippen LogP contribution is -2.17. The maximum absolute atomic E-state index is 12.9. The minimum absolute atomic E-state index is 0.00315. The molecular formula is C22H21ClN2O5S. The fourth-order valence-electron chi connectivity index (χ4n) is 2.84. The second-order valence-corrected chi connectivity index (χ2v) is 8.64. The number of para-hydroxylation sites is 1. The number of amides is 1. The highest BCUT2D eigenvalue weighted by Gasteiger charge is 2.21. The first-order valence-electron chi connectivity index (χ1n) is 9.16. The van der Waals surface area contributed by atoms with Gasteiger partial charge in [0, 0.05) is 11.6 Å². The first-order valence-corrected chi connectivity index (χ1v) is 11.0. The van der Waals surface area contributed by atoms with E-state index < -0.39 is 15.9 Å². The van der Waals surface area contributed by atoms with E-state index in [0.29, 0.717) is 22.9 Å². The Hall–Kier alpha value is -3.23. The molecule has 0 bridgehead atoms. The Bertz CT molecular complexity index is 1230. The largest absolute Gasteiger partial charge is 0.497 e. The van der Waals surface area contributed by atoms with Gasteiger partial charge in [0.1, 0.15) is 16.4 Å². The molecule has 0 aliphatic rings. The molecule has 2 N–H and O–H groups in total. The number of hydrogen-bond donors (Lipinski definition) is 2.